The molecule has 0 aliphatic heterocycles. The van der Waals surface area contributed by atoms with Crippen LogP contribution in [0.1, 0.15) is 0 Å². The summed E-state index contributed by atoms with van der Waals surface area (Å²) in [6.45, 7) is 0. The second kappa shape index (κ2) is 19.2. The van der Waals surface area contributed by atoms with Gasteiger partial charge in [-0.05, 0) is 10.1 Å². The molecule has 0 aliphatic carbocycles. The van der Waals surface area contributed by atoms with Crippen molar-refractivity contribution in [1.82, 2.24) is 0 Å². The zero-order valence-electron chi connectivity index (χ0n) is 2.85. The summed E-state index contributed by atoms with van der Waals surface area (Å²) in [7, 11) is 3.44. The third kappa shape index (κ3) is 8.91. The maximum Gasteiger partial charge on any atom is 0.0852 e. The zero-order valence-corrected chi connectivity index (χ0v) is 9.17. The molecule has 0 aromatic carbocycles. The standard InChI is InChI=1S/BH5Si.Fe.Nd/c1-2;;/h1H2,2H3;;. The molecule has 0 nitrogen and oxygen atoms in total. The molecule has 0 saturated carbocycles. The van der Waals surface area contributed by atoms with Crippen LogP contribution < -0.4 is 0 Å². The Morgan fingerprint density at radius 2 is 1.25 bits per heavy atom. The molecule has 0 aliphatic rings. The fraction of sp³-hybridized carbons (Fsp3) is 0. The second-order valence-electron chi connectivity index (χ2n) is 0. The van der Waals surface area contributed by atoms with Crippen LogP contribution in [0.25, 0.3) is 0 Å². The fourth-order valence-electron chi connectivity index (χ4n) is 0. The molecule has 0 radical (unpaired) electrons. The van der Waals surface area contributed by atoms with Crippen molar-refractivity contribution in [2.45, 2.75) is 0 Å². The Hall–Kier alpha value is 2.15. The summed E-state index contributed by atoms with van der Waals surface area (Å²) in [6, 6.07) is 0. The summed E-state index contributed by atoms with van der Waals surface area (Å²) in [5, 5.41) is 0. The van der Waals surface area contributed by atoms with Crippen molar-refractivity contribution in [3.05, 3.63) is 0 Å². The molecule has 0 unspecified atom stereocenters. The van der Waals surface area contributed by atoms with Crippen LogP contribution in [0.2, 0.25) is 0 Å². The van der Waals surface area contributed by atoms with Gasteiger partial charge >= 0.3 is 0 Å². The summed E-state index contributed by atoms with van der Waals surface area (Å²) in [6.07, 6.45) is 0. The van der Waals surface area contributed by atoms with Crippen LogP contribution in [0.15, 0.2) is 0 Å². The summed E-state index contributed by atoms with van der Waals surface area (Å²) in [5.41, 5.74) is 0. The molecular weight excluding hydrogens is 239 g/mol. The molecule has 0 spiro atoms. The van der Waals surface area contributed by atoms with E-state index in [0.717, 1.165) is 0 Å². The van der Waals surface area contributed by atoms with Gasteiger partial charge in [-0.3, -0.25) is 0 Å². The Labute approximate surface area is 74.3 Å². The topological polar surface area (TPSA) is 0 Å². The largest absolute Gasteiger partial charge is 0.0852 e. The molecule has 0 atom stereocenters. The van der Waals surface area contributed by atoms with Crippen molar-refractivity contribution in [3.8, 4) is 0 Å². The number of hydrogen-bond acceptors (Lipinski definition) is 0. The van der Waals surface area contributed by atoms with Crippen LogP contribution in [-0.4, -0.2) is 17.6 Å². The van der Waals surface area contributed by atoms with Crippen molar-refractivity contribution >= 4 is 17.6 Å². The molecule has 4 heavy (non-hydrogen) atoms. The Balaban J connectivity index is -0.00000000500. The van der Waals surface area contributed by atoms with E-state index in [1.807, 2.05) is 0 Å². The van der Waals surface area contributed by atoms with E-state index in [1.54, 1.807) is 0 Å². The molecule has 0 bridgehead atoms. The maximum atomic E-state index is 2.14. The molecule has 0 aromatic rings. The van der Waals surface area contributed by atoms with Gasteiger partial charge in [0.1, 0.15) is 0 Å². The Bertz CT molecular complexity index is 8.00. The maximum absolute atomic E-state index is 2.14. The molecule has 0 amide bonds. The van der Waals surface area contributed by atoms with Gasteiger partial charge in [0, 0.05) is 57.9 Å². The molecule has 0 saturated heterocycles. The molecule has 0 fully saturated rings. The minimum atomic E-state index is 0. The molecule has 0 aromatic heterocycles. The Morgan fingerprint density at radius 3 is 1.25 bits per heavy atom. The minimum absolute atomic E-state index is 0. The van der Waals surface area contributed by atoms with Crippen molar-refractivity contribution in [2.75, 3.05) is 0 Å². The van der Waals surface area contributed by atoms with Gasteiger partial charge in [-0.2, -0.15) is 0 Å². The molecule has 0 N–H and O–H groups in total. The first-order chi connectivity index (χ1) is 1.00. The fourth-order valence-corrected chi connectivity index (χ4v) is 0. The van der Waals surface area contributed by atoms with Crippen LogP contribution in [0.5, 0.6) is 0 Å². The first kappa shape index (κ1) is 16.4. The summed E-state index contributed by atoms with van der Waals surface area (Å²) in [5.74, 6) is 0. The Kier molecular flexibility index (Phi) is 78.8. The molecule has 0 heterocycles. The molecular formula is H5BFeNdSi. The predicted molar refractivity (Wildman–Crippen MR) is 18.5 cm³/mol. The molecule has 0 rings (SSSR count). The summed E-state index contributed by atoms with van der Waals surface area (Å²) in [4.78, 5) is 0. The van der Waals surface area contributed by atoms with Gasteiger partial charge in [0.05, 0.1) is 7.44 Å². The van der Waals surface area contributed by atoms with Gasteiger partial charge in [-0.25, -0.2) is 0 Å². The van der Waals surface area contributed by atoms with Gasteiger partial charge in [0.15, 0.2) is 0 Å². The predicted octanol–water partition coefficient (Wildman–Crippen LogP) is -2.10. The van der Waals surface area contributed by atoms with E-state index in [0.29, 0.717) is 0 Å². The average molecular weight is 244 g/mol. The first-order valence-corrected chi connectivity index (χ1v) is 3.00. The molecule has 4 heteroatoms. The van der Waals surface area contributed by atoms with Gasteiger partial charge in [-0.1, -0.05) is 0 Å². The van der Waals surface area contributed by atoms with Gasteiger partial charge in [0.2, 0.25) is 0 Å². The van der Waals surface area contributed by atoms with Gasteiger partial charge in [-0.15, -0.1) is 0 Å². The third-order valence-electron chi connectivity index (χ3n) is 0. The van der Waals surface area contributed by atoms with E-state index < -0.39 is 0 Å². The van der Waals surface area contributed by atoms with E-state index in [2.05, 4.69) is 7.44 Å². The van der Waals surface area contributed by atoms with Crippen LogP contribution in [0, 0.1) is 40.8 Å². The van der Waals surface area contributed by atoms with Crippen LogP contribution in [0.4, 0.5) is 0 Å². The third-order valence-corrected chi connectivity index (χ3v) is 0. The summed E-state index contributed by atoms with van der Waals surface area (Å²) < 4.78 is 0. The van der Waals surface area contributed by atoms with Gasteiger partial charge in [0.25, 0.3) is 0 Å². The van der Waals surface area contributed by atoms with E-state index in [4.69, 9.17) is 0 Å². The van der Waals surface area contributed by atoms with Gasteiger partial charge < -0.3 is 0 Å². The van der Waals surface area contributed by atoms with E-state index in [1.165, 1.54) is 10.1 Å². The monoisotopic (exact) mass is 242 g/mol. The van der Waals surface area contributed by atoms with Crippen LogP contribution in [-0.2, 0) is 17.1 Å². The Morgan fingerprint density at radius 1 is 1.25 bits per heavy atom. The number of hydrogen-bond donors (Lipinski definition) is 0. The van der Waals surface area contributed by atoms with Crippen molar-refractivity contribution in [1.29, 1.82) is 0 Å². The van der Waals surface area contributed by atoms with Crippen molar-refractivity contribution < 1.29 is 57.9 Å². The average Bonchev–Trinajstić information content (AvgIpc) is 1.00. The van der Waals surface area contributed by atoms with Crippen molar-refractivity contribution in [3.63, 3.8) is 0 Å². The smallest absolute Gasteiger partial charge is 0.0304 e. The van der Waals surface area contributed by atoms with E-state index in [9.17, 15) is 0 Å². The first-order valence-electron chi connectivity index (χ1n) is 1.00. The second-order valence-corrected chi connectivity index (χ2v) is 0. The van der Waals surface area contributed by atoms with Crippen LogP contribution >= 0.6 is 0 Å². The normalized spacial score (nSPS) is 2.00. The quantitative estimate of drug-likeness (QED) is 0.428. The van der Waals surface area contributed by atoms with Crippen LogP contribution in [0.3, 0.4) is 0 Å². The van der Waals surface area contributed by atoms with Crippen molar-refractivity contribution in [2.24, 2.45) is 0 Å². The SMILES string of the molecule is B[SiH3].[Fe].[Nd]. The van der Waals surface area contributed by atoms with E-state index >= 15 is 0 Å². The summed E-state index contributed by atoms with van der Waals surface area (Å²) >= 11 is 0. The minimum Gasteiger partial charge on any atom is -0.0304 e. The zero-order chi connectivity index (χ0) is 2.00. The van der Waals surface area contributed by atoms with E-state index in [-0.39, 0.29) is 57.9 Å². The number of rotatable bonds is 0. The molecule has 24 valence electrons.